The van der Waals surface area contributed by atoms with E-state index in [-0.39, 0.29) is 0 Å². The molecule has 0 spiro atoms. The van der Waals surface area contributed by atoms with Gasteiger partial charge < -0.3 is 14.2 Å². The second kappa shape index (κ2) is 8.36. The molecule has 0 fully saturated rings. The van der Waals surface area contributed by atoms with Crippen LogP contribution in [-0.4, -0.2) is 42.4 Å². The zero-order chi connectivity index (χ0) is 19.4. The van der Waals surface area contributed by atoms with Gasteiger partial charge in [0.25, 0.3) is 0 Å². The highest BCUT2D eigenvalue weighted by molar-refractivity contribution is 9.10. The SMILES string of the molecule is COc1cc(C=Nn2c(-c3ccc(Br)cc3)n[nH]c2=S)cc(OC)c1OC. The summed E-state index contributed by atoms with van der Waals surface area (Å²) in [6.45, 7) is 0. The number of aromatic amines is 1. The number of ether oxygens (including phenoxy) is 3. The van der Waals surface area contributed by atoms with Gasteiger partial charge in [0.1, 0.15) is 0 Å². The van der Waals surface area contributed by atoms with Crippen LogP contribution in [0.4, 0.5) is 0 Å². The van der Waals surface area contributed by atoms with Crippen LogP contribution in [0.2, 0.25) is 0 Å². The zero-order valence-electron chi connectivity index (χ0n) is 14.9. The number of nitrogens with zero attached hydrogens (tertiary/aromatic N) is 3. The molecule has 7 nitrogen and oxygen atoms in total. The molecule has 1 N–H and O–H groups in total. The van der Waals surface area contributed by atoms with Gasteiger partial charge in [-0.1, -0.05) is 28.1 Å². The Kier molecular flexibility index (Phi) is 5.92. The maximum Gasteiger partial charge on any atom is 0.216 e. The molecule has 0 aliphatic heterocycles. The van der Waals surface area contributed by atoms with Gasteiger partial charge in [-0.2, -0.15) is 14.9 Å². The van der Waals surface area contributed by atoms with Crippen molar-refractivity contribution in [1.82, 2.24) is 14.9 Å². The normalized spacial score (nSPS) is 11.0. The molecule has 0 saturated carbocycles. The molecule has 3 rings (SSSR count). The summed E-state index contributed by atoms with van der Waals surface area (Å²) >= 11 is 8.73. The van der Waals surface area contributed by atoms with Crippen molar-refractivity contribution in [3.63, 3.8) is 0 Å². The van der Waals surface area contributed by atoms with Crippen molar-refractivity contribution < 1.29 is 14.2 Å². The summed E-state index contributed by atoms with van der Waals surface area (Å²) in [4.78, 5) is 0. The Bertz CT molecular complexity index is 1000. The lowest BCUT2D eigenvalue weighted by Crippen LogP contribution is -1.98. The molecule has 9 heteroatoms. The molecule has 0 unspecified atom stereocenters. The maximum absolute atomic E-state index is 5.37. The van der Waals surface area contributed by atoms with Crippen LogP contribution < -0.4 is 14.2 Å². The van der Waals surface area contributed by atoms with Crippen LogP contribution in [0.1, 0.15) is 5.56 Å². The molecule has 3 aromatic rings. The van der Waals surface area contributed by atoms with Crippen LogP contribution in [0.5, 0.6) is 17.2 Å². The van der Waals surface area contributed by atoms with Gasteiger partial charge in [-0.3, -0.25) is 0 Å². The minimum absolute atomic E-state index is 0.386. The van der Waals surface area contributed by atoms with Gasteiger partial charge in [-0.05, 0) is 36.5 Å². The second-order valence-electron chi connectivity index (χ2n) is 5.37. The van der Waals surface area contributed by atoms with E-state index in [0.717, 1.165) is 15.6 Å². The molecule has 1 heterocycles. The molecule has 0 saturated heterocycles. The van der Waals surface area contributed by atoms with Gasteiger partial charge in [0.05, 0.1) is 27.5 Å². The van der Waals surface area contributed by atoms with E-state index in [9.17, 15) is 0 Å². The summed E-state index contributed by atoms with van der Waals surface area (Å²) in [7, 11) is 4.69. The van der Waals surface area contributed by atoms with Crippen molar-refractivity contribution in [2.45, 2.75) is 0 Å². The van der Waals surface area contributed by atoms with Crippen LogP contribution in [0.15, 0.2) is 46.0 Å². The smallest absolute Gasteiger partial charge is 0.216 e. The number of hydrogen-bond donors (Lipinski definition) is 1. The first-order chi connectivity index (χ1) is 13.1. The van der Waals surface area contributed by atoms with Crippen molar-refractivity contribution >= 4 is 34.4 Å². The molecule has 27 heavy (non-hydrogen) atoms. The molecule has 0 radical (unpaired) electrons. The molecule has 2 aromatic carbocycles. The highest BCUT2D eigenvalue weighted by Gasteiger charge is 2.13. The lowest BCUT2D eigenvalue weighted by atomic mass is 10.2. The number of hydrogen-bond acceptors (Lipinski definition) is 6. The fraction of sp³-hybridized carbons (Fsp3) is 0.167. The van der Waals surface area contributed by atoms with Crippen molar-refractivity contribution in [2.24, 2.45) is 5.10 Å². The third kappa shape index (κ3) is 4.04. The van der Waals surface area contributed by atoms with E-state index in [1.807, 2.05) is 24.3 Å². The Balaban J connectivity index is 2.01. The summed E-state index contributed by atoms with van der Waals surface area (Å²) < 4.78 is 19.0. The van der Waals surface area contributed by atoms with E-state index in [0.29, 0.717) is 27.8 Å². The first kappa shape index (κ1) is 19.1. The minimum Gasteiger partial charge on any atom is -0.493 e. The number of methoxy groups -OCH3 is 3. The molecule has 0 atom stereocenters. The molecule has 0 aliphatic rings. The molecule has 140 valence electrons. The first-order valence-corrected chi connectivity index (χ1v) is 9.05. The number of nitrogens with one attached hydrogen (secondary N) is 1. The van der Waals surface area contributed by atoms with Gasteiger partial charge >= 0.3 is 0 Å². The minimum atomic E-state index is 0.386. The zero-order valence-corrected chi connectivity index (χ0v) is 17.3. The third-order valence-electron chi connectivity index (χ3n) is 3.76. The Morgan fingerprint density at radius 2 is 1.70 bits per heavy atom. The number of H-pyrrole nitrogens is 1. The maximum atomic E-state index is 5.37. The monoisotopic (exact) mass is 448 g/mol. The van der Waals surface area contributed by atoms with E-state index >= 15 is 0 Å². The van der Waals surface area contributed by atoms with Gasteiger partial charge in [-0.25, -0.2) is 5.10 Å². The van der Waals surface area contributed by atoms with Gasteiger partial charge in [-0.15, -0.1) is 0 Å². The van der Waals surface area contributed by atoms with E-state index in [4.69, 9.17) is 26.4 Å². The van der Waals surface area contributed by atoms with Crippen molar-refractivity contribution in [1.29, 1.82) is 0 Å². The Morgan fingerprint density at radius 1 is 1.07 bits per heavy atom. The number of halogens is 1. The lowest BCUT2D eigenvalue weighted by molar-refractivity contribution is 0.324. The summed E-state index contributed by atoms with van der Waals surface area (Å²) in [6, 6.07) is 11.3. The van der Waals surface area contributed by atoms with E-state index < -0.39 is 0 Å². The van der Waals surface area contributed by atoms with Gasteiger partial charge in [0, 0.05) is 15.6 Å². The van der Waals surface area contributed by atoms with Crippen molar-refractivity contribution in [2.75, 3.05) is 21.3 Å². The largest absolute Gasteiger partial charge is 0.493 e. The first-order valence-electron chi connectivity index (χ1n) is 7.85. The second-order valence-corrected chi connectivity index (χ2v) is 6.68. The average molecular weight is 449 g/mol. The topological polar surface area (TPSA) is 73.7 Å². The van der Waals surface area contributed by atoms with Gasteiger partial charge in [0.15, 0.2) is 17.3 Å². The molecular formula is C18H17BrN4O3S. The Morgan fingerprint density at radius 3 is 2.26 bits per heavy atom. The third-order valence-corrected chi connectivity index (χ3v) is 4.56. The molecule has 0 aliphatic carbocycles. The molecular weight excluding hydrogens is 432 g/mol. The van der Waals surface area contributed by atoms with Crippen LogP contribution >= 0.6 is 28.1 Å². The molecule has 1 aromatic heterocycles. The van der Waals surface area contributed by atoms with E-state index in [2.05, 4.69) is 31.2 Å². The highest BCUT2D eigenvalue weighted by atomic mass is 79.9. The lowest BCUT2D eigenvalue weighted by Gasteiger charge is -2.12. The quantitative estimate of drug-likeness (QED) is 0.449. The summed E-state index contributed by atoms with van der Waals surface area (Å²) in [5.74, 6) is 2.22. The van der Waals surface area contributed by atoms with E-state index in [1.54, 1.807) is 44.4 Å². The number of rotatable bonds is 6. The van der Waals surface area contributed by atoms with Crippen molar-refractivity contribution in [3.8, 4) is 28.6 Å². The predicted octanol–water partition coefficient (Wildman–Crippen LogP) is 4.28. The Hall–Kier alpha value is -2.65. The fourth-order valence-corrected chi connectivity index (χ4v) is 2.93. The number of benzene rings is 2. The average Bonchev–Trinajstić information content (AvgIpc) is 3.06. The van der Waals surface area contributed by atoms with E-state index in [1.165, 1.54) is 0 Å². The summed E-state index contributed by atoms with van der Waals surface area (Å²) in [5.41, 5.74) is 1.64. The highest BCUT2D eigenvalue weighted by Crippen LogP contribution is 2.37. The summed E-state index contributed by atoms with van der Waals surface area (Å²) in [6.07, 6.45) is 1.65. The van der Waals surface area contributed by atoms with Crippen LogP contribution in [0.25, 0.3) is 11.4 Å². The molecule has 0 bridgehead atoms. The Labute approximate surface area is 169 Å². The predicted molar refractivity (Wildman–Crippen MR) is 110 cm³/mol. The van der Waals surface area contributed by atoms with Crippen LogP contribution in [-0.2, 0) is 0 Å². The summed E-state index contributed by atoms with van der Waals surface area (Å²) in [5, 5.41) is 11.5. The van der Waals surface area contributed by atoms with Gasteiger partial charge in [0.2, 0.25) is 10.5 Å². The molecule has 0 amide bonds. The van der Waals surface area contributed by atoms with Crippen LogP contribution in [0.3, 0.4) is 0 Å². The van der Waals surface area contributed by atoms with Crippen molar-refractivity contribution in [3.05, 3.63) is 51.2 Å². The number of aromatic nitrogens is 3. The van der Waals surface area contributed by atoms with Crippen LogP contribution in [0, 0.1) is 4.77 Å². The fourth-order valence-electron chi connectivity index (χ4n) is 2.48. The standard InChI is InChI=1S/C18H17BrN4O3S/c1-24-14-8-11(9-15(25-2)16(14)26-3)10-20-23-17(21-22-18(23)27)12-4-6-13(19)7-5-12/h4-10H,1-3H3,(H,22,27).